The van der Waals surface area contributed by atoms with Gasteiger partial charge < -0.3 is 14.4 Å². The Morgan fingerprint density at radius 1 is 1.20 bits per heavy atom. The highest BCUT2D eigenvalue weighted by atomic mass is 79.9. The van der Waals surface area contributed by atoms with Gasteiger partial charge in [-0.15, -0.1) is 0 Å². The first kappa shape index (κ1) is 17.9. The predicted octanol–water partition coefficient (Wildman–Crippen LogP) is 3.38. The molecule has 6 heteroatoms. The van der Waals surface area contributed by atoms with Gasteiger partial charge in [0.05, 0.1) is 19.3 Å². The minimum atomic E-state index is -0.227. The van der Waals surface area contributed by atoms with E-state index in [4.69, 9.17) is 9.47 Å². The van der Waals surface area contributed by atoms with Gasteiger partial charge in [-0.2, -0.15) is 0 Å². The summed E-state index contributed by atoms with van der Waals surface area (Å²) in [5, 5.41) is 0. The van der Waals surface area contributed by atoms with Crippen molar-refractivity contribution in [1.82, 2.24) is 9.88 Å². The Bertz CT molecular complexity index is 781. The van der Waals surface area contributed by atoms with Crippen molar-refractivity contribution in [3.63, 3.8) is 0 Å². The van der Waals surface area contributed by atoms with E-state index in [1.165, 1.54) is 0 Å². The number of benzene rings is 1. The lowest BCUT2D eigenvalue weighted by Crippen LogP contribution is -2.32. The Kier molecular flexibility index (Phi) is 5.39. The first-order chi connectivity index (χ1) is 12.0. The van der Waals surface area contributed by atoms with Gasteiger partial charge in [0, 0.05) is 23.3 Å². The Balaban J connectivity index is 1.76. The molecule has 5 nitrogen and oxygen atoms in total. The minimum Gasteiger partial charge on any atom is -0.484 e. The normalized spacial score (nSPS) is 19.9. The molecule has 0 aliphatic carbocycles. The van der Waals surface area contributed by atoms with Crippen LogP contribution in [-0.2, 0) is 4.74 Å². The number of carbonyl (C=O) groups is 1. The minimum absolute atomic E-state index is 0.0155. The number of ether oxygens (including phenoxy) is 2. The van der Waals surface area contributed by atoms with Crippen LogP contribution in [0, 0.1) is 13.8 Å². The van der Waals surface area contributed by atoms with E-state index in [2.05, 4.69) is 20.9 Å². The van der Waals surface area contributed by atoms with Crippen LogP contribution in [0.5, 0.6) is 5.75 Å². The second-order valence-electron chi connectivity index (χ2n) is 6.30. The van der Waals surface area contributed by atoms with E-state index < -0.39 is 0 Å². The highest BCUT2D eigenvalue weighted by Gasteiger charge is 2.37. The molecule has 0 bridgehead atoms. The topological polar surface area (TPSA) is 51.7 Å². The lowest BCUT2D eigenvalue weighted by Gasteiger charge is -2.18. The number of halogens is 1. The molecular formula is C19H21BrN2O3. The van der Waals surface area contributed by atoms with Gasteiger partial charge in [-0.25, -0.2) is 0 Å². The average molecular weight is 405 g/mol. The molecule has 132 valence electrons. The number of aryl methyl sites for hydroxylation is 2. The van der Waals surface area contributed by atoms with Crippen LogP contribution < -0.4 is 4.74 Å². The highest BCUT2D eigenvalue weighted by Crippen LogP contribution is 2.24. The van der Waals surface area contributed by atoms with E-state index in [-0.39, 0.29) is 18.1 Å². The quantitative estimate of drug-likeness (QED) is 0.783. The molecule has 1 aliphatic rings. The smallest absolute Gasteiger partial charge is 0.254 e. The fourth-order valence-electron chi connectivity index (χ4n) is 3.02. The number of hydrogen-bond acceptors (Lipinski definition) is 4. The van der Waals surface area contributed by atoms with Crippen LogP contribution in [0.15, 0.2) is 41.1 Å². The Labute approximate surface area is 156 Å². The second kappa shape index (κ2) is 7.54. The predicted molar refractivity (Wildman–Crippen MR) is 99.0 cm³/mol. The van der Waals surface area contributed by atoms with Crippen LogP contribution in [0.2, 0.25) is 0 Å². The van der Waals surface area contributed by atoms with Gasteiger partial charge >= 0.3 is 0 Å². The molecule has 0 saturated carbocycles. The van der Waals surface area contributed by atoms with Gasteiger partial charge in [-0.1, -0.05) is 17.7 Å². The molecule has 2 heterocycles. The third-order valence-electron chi connectivity index (χ3n) is 4.40. The molecule has 1 aromatic heterocycles. The van der Waals surface area contributed by atoms with Crippen LogP contribution in [0.4, 0.5) is 0 Å². The number of nitrogens with zero attached hydrogens (tertiary/aromatic N) is 2. The number of aromatic nitrogens is 1. The first-order valence-electron chi connectivity index (χ1n) is 8.14. The fraction of sp³-hybridized carbons (Fsp3) is 0.368. The van der Waals surface area contributed by atoms with Crippen molar-refractivity contribution in [3.05, 3.63) is 57.8 Å². The summed E-state index contributed by atoms with van der Waals surface area (Å²) < 4.78 is 12.4. The summed E-state index contributed by atoms with van der Waals surface area (Å²) in [6.07, 6.45) is 2.96. The maximum absolute atomic E-state index is 12.9. The molecule has 0 radical (unpaired) electrons. The van der Waals surface area contributed by atoms with Gasteiger partial charge in [-0.3, -0.25) is 9.78 Å². The number of amides is 1. The van der Waals surface area contributed by atoms with Crippen LogP contribution in [0.3, 0.4) is 0 Å². The molecule has 2 aromatic rings. The van der Waals surface area contributed by atoms with E-state index in [1.807, 2.05) is 38.1 Å². The number of likely N-dealkylation sites (tertiary alicyclic amines) is 1. The number of hydrogen-bond donors (Lipinski definition) is 0. The summed E-state index contributed by atoms with van der Waals surface area (Å²) in [5.41, 5.74) is 2.79. The Morgan fingerprint density at radius 2 is 1.96 bits per heavy atom. The summed E-state index contributed by atoms with van der Waals surface area (Å²) in [6.45, 7) is 4.94. The van der Waals surface area contributed by atoms with Crippen molar-refractivity contribution < 1.29 is 14.3 Å². The van der Waals surface area contributed by atoms with Crippen molar-refractivity contribution in [2.24, 2.45) is 0 Å². The second-order valence-corrected chi connectivity index (χ2v) is 7.21. The molecule has 0 N–H and O–H groups in total. The van der Waals surface area contributed by atoms with Crippen molar-refractivity contribution in [2.45, 2.75) is 26.1 Å². The molecular weight excluding hydrogens is 384 g/mol. The molecule has 1 aromatic carbocycles. The third kappa shape index (κ3) is 4.02. The van der Waals surface area contributed by atoms with Gasteiger partial charge in [0.25, 0.3) is 5.91 Å². The standard InChI is InChI=1S/C19H21BrN2O3/c1-12-4-5-13(2)16(6-12)19(23)22-10-17(24-3)18(11-22)25-15-7-14(20)8-21-9-15/h4-9,17-18H,10-11H2,1-3H3. The van der Waals surface area contributed by atoms with Crippen LogP contribution in [0.25, 0.3) is 0 Å². The van der Waals surface area contributed by atoms with E-state index in [1.54, 1.807) is 24.4 Å². The largest absolute Gasteiger partial charge is 0.484 e. The van der Waals surface area contributed by atoms with E-state index in [9.17, 15) is 4.79 Å². The molecule has 0 spiro atoms. The lowest BCUT2D eigenvalue weighted by atomic mass is 10.0. The number of methoxy groups -OCH3 is 1. The molecule has 25 heavy (non-hydrogen) atoms. The number of carbonyl (C=O) groups excluding carboxylic acids is 1. The Hall–Kier alpha value is -1.92. The van der Waals surface area contributed by atoms with E-state index in [0.29, 0.717) is 18.8 Å². The summed E-state index contributed by atoms with van der Waals surface area (Å²) in [4.78, 5) is 18.8. The van der Waals surface area contributed by atoms with Crippen LogP contribution in [0.1, 0.15) is 21.5 Å². The maximum Gasteiger partial charge on any atom is 0.254 e. The zero-order valence-electron chi connectivity index (χ0n) is 14.5. The van der Waals surface area contributed by atoms with Crippen molar-refractivity contribution in [3.8, 4) is 5.75 Å². The van der Waals surface area contributed by atoms with Crippen molar-refractivity contribution in [1.29, 1.82) is 0 Å². The molecule has 1 fully saturated rings. The van der Waals surface area contributed by atoms with Crippen molar-refractivity contribution >= 4 is 21.8 Å². The molecule has 3 rings (SSSR count). The monoisotopic (exact) mass is 404 g/mol. The molecule has 1 amide bonds. The van der Waals surface area contributed by atoms with Gasteiger partial charge in [0.1, 0.15) is 18.0 Å². The number of pyridine rings is 1. The summed E-state index contributed by atoms with van der Waals surface area (Å²) in [7, 11) is 1.64. The Morgan fingerprint density at radius 3 is 2.68 bits per heavy atom. The molecule has 2 atom stereocenters. The summed E-state index contributed by atoms with van der Waals surface area (Å²) >= 11 is 3.39. The first-order valence-corrected chi connectivity index (χ1v) is 8.93. The van der Waals surface area contributed by atoms with Gasteiger partial charge in [0.15, 0.2) is 0 Å². The third-order valence-corrected chi connectivity index (χ3v) is 4.83. The fourth-order valence-corrected chi connectivity index (χ4v) is 3.36. The number of rotatable bonds is 4. The van der Waals surface area contributed by atoms with Crippen molar-refractivity contribution in [2.75, 3.05) is 20.2 Å². The lowest BCUT2D eigenvalue weighted by molar-refractivity contribution is 0.0338. The highest BCUT2D eigenvalue weighted by molar-refractivity contribution is 9.10. The van der Waals surface area contributed by atoms with Crippen LogP contribution in [-0.4, -0.2) is 48.2 Å². The zero-order valence-corrected chi connectivity index (χ0v) is 16.1. The molecule has 1 aliphatic heterocycles. The van der Waals surface area contributed by atoms with Crippen LogP contribution >= 0.6 is 15.9 Å². The van der Waals surface area contributed by atoms with Gasteiger partial charge in [-0.05, 0) is 47.5 Å². The van der Waals surface area contributed by atoms with E-state index in [0.717, 1.165) is 21.2 Å². The maximum atomic E-state index is 12.9. The van der Waals surface area contributed by atoms with Gasteiger partial charge in [0.2, 0.25) is 0 Å². The average Bonchev–Trinajstić information content (AvgIpc) is 2.99. The van der Waals surface area contributed by atoms with E-state index >= 15 is 0 Å². The zero-order chi connectivity index (χ0) is 18.0. The summed E-state index contributed by atoms with van der Waals surface area (Å²) in [5.74, 6) is 0.671. The summed E-state index contributed by atoms with van der Waals surface area (Å²) in [6, 6.07) is 7.79. The SMILES string of the molecule is COC1CN(C(=O)c2cc(C)ccc2C)CC1Oc1cncc(Br)c1. The molecule has 1 saturated heterocycles. The molecule has 2 unspecified atom stereocenters.